The van der Waals surface area contributed by atoms with Crippen LogP contribution in [-0.4, -0.2) is 42.6 Å². The molecule has 0 rings (SSSR count). The number of unbranched alkanes of at least 4 members (excludes halogenated alkanes) is 26. The molecule has 0 aliphatic carbocycles. The van der Waals surface area contributed by atoms with Crippen LogP contribution >= 0.6 is 7.82 Å². The van der Waals surface area contributed by atoms with Crippen molar-refractivity contribution in [1.82, 2.24) is 4.90 Å². The normalized spacial score (nSPS) is 13.2. The first-order chi connectivity index (χ1) is 21.6. The maximum Gasteiger partial charge on any atom is 0.472 e. The van der Waals surface area contributed by atoms with E-state index in [1.54, 1.807) is 0 Å². The smallest absolute Gasteiger partial charge is 0.303 e. The van der Waals surface area contributed by atoms with Gasteiger partial charge in [-0.15, -0.1) is 0 Å². The van der Waals surface area contributed by atoms with Crippen LogP contribution in [0.15, 0.2) is 0 Å². The SMILES string of the molecule is CCCCCCCCCCCN(CCCCCCCCCCC)CCCCCCCCOP(=O)(O)OCCCCCCCC. The Kier molecular flexibility index (Phi) is 36.0. The van der Waals surface area contributed by atoms with Crippen molar-refractivity contribution in [2.24, 2.45) is 0 Å². The first-order valence-corrected chi connectivity index (χ1v) is 21.4. The fourth-order valence-electron chi connectivity index (χ4n) is 6.05. The maximum atomic E-state index is 12.0. The second-order valence-corrected chi connectivity index (χ2v) is 15.0. The van der Waals surface area contributed by atoms with Crippen LogP contribution in [0.1, 0.15) is 213 Å². The van der Waals surface area contributed by atoms with Gasteiger partial charge in [0.1, 0.15) is 0 Å². The second-order valence-electron chi connectivity index (χ2n) is 13.5. The second kappa shape index (κ2) is 35.9. The largest absolute Gasteiger partial charge is 0.472 e. The van der Waals surface area contributed by atoms with Crippen LogP contribution in [0.4, 0.5) is 0 Å². The minimum absolute atomic E-state index is 0.315. The van der Waals surface area contributed by atoms with Gasteiger partial charge < -0.3 is 9.79 Å². The fourth-order valence-corrected chi connectivity index (χ4v) is 6.85. The van der Waals surface area contributed by atoms with E-state index < -0.39 is 7.82 Å². The van der Waals surface area contributed by atoms with E-state index >= 15 is 0 Å². The summed E-state index contributed by atoms with van der Waals surface area (Å²) in [5, 5.41) is 0. The Balaban J connectivity index is 3.96. The van der Waals surface area contributed by atoms with Crippen molar-refractivity contribution < 1.29 is 18.5 Å². The summed E-state index contributed by atoms with van der Waals surface area (Å²) in [6, 6.07) is 0. The molecule has 0 bridgehead atoms. The third kappa shape index (κ3) is 34.9. The van der Waals surface area contributed by atoms with E-state index in [9.17, 15) is 9.46 Å². The molecule has 0 fully saturated rings. The zero-order chi connectivity index (χ0) is 32.2. The molecule has 1 atom stereocenters. The molecule has 1 unspecified atom stereocenters. The Bertz CT molecular complexity index is 569. The molecular weight excluding hydrogens is 565 g/mol. The molecule has 0 saturated heterocycles. The maximum absolute atomic E-state index is 12.0. The van der Waals surface area contributed by atoms with Gasteiger partial charge in [-0.25, -0.2) is 4.57 Å². The number of phosphoric acid groups is 1. The summed E-state index contributed by atoms with van der Waals surface area (Å²) in [6.07, 6.45) is 38.9. The lowest BCUT2D eigenvalue weighted by Crippen LogP contribution is -2.27. The van der Waals surface area contributed by atoms with Crippen LogP contribution in [0, 0.1) is 0 Å². The average molecular weight is 646 g/mol. The monoisotopic (exact) mass is 646 g/mol. The van der Waals surface area contributed by atoms with Gasteiger partial charge in [0.2, 0.25) is 0 Å². The molecule has 0 saturated carbocycles. The van der Waals surface area contributed by atoms with Crippen molar-refractivity contribution in [2.75, 3.05) is 32.8 Å². The molecule has 5 nitrogen and oxygen atoms in total. The van der Waals surface area contributed by atoms with E-state index in [2.05, 4.69) is 25.7 Å². The summed E-state index contributed by atoms with van der Waals surface area (Å²) in [7, 11) is -3.88. The zero-order valence-corrected chi connectivity index (χ0v) is 31.2. The van der Waals surface area contributed by atoms with Crippen LogP contribution in [0.3, 0.4) is 0 Å². The van der Waals surface area contributed by atoms with E-state index in [1.165, 1.54) is 187 Å². The Morgan fingerprint density at radius 3 is 0.886 bits per heavy atom. The van der Waals surface area contributed by atoms with E-state index in [0.717, 1.165) is 25.7 Å². The highest BCUT2D eigenvalue weighted by molar-refractivity contribution is 7.47. The van der Waals surface area contributed by atoms with E-state index in [-0.39, 0.29) is 0 Å². The average Bonchev–Trinajstić information content (AvgIpc) is 3.01. The van der Waals surface area contributed by atoms with Gasteiger partial charge in [-0.05, 0) is 51.7 Å². The molecule has 44 heavy (non-hydrogen) atoms. The van der Waals surface area contributed by atoms with Crippen molar-refractivity contribution in [3.63, 3.8) is 0 Å². The lowest BCUT2D eigenvalue weighted by molar-refractivity contribution is 0.145. The molecule has 0 aliphatic heterocycles. The number of rotatable bonds is 38. The van der Waals surface area contributed by atoms with Gasteiger partial charge >= 0.3 is 7.82 Å². The third-order valence-electron chi connectivity index (χ3n) is 9.03. The zero-order valence-electron chi connectivity index (χ0n) is 30.3. The predicted octanol–water partition coefficient (Wildman–Crippen LogP) is 13.2. The number of nitrogens with zero attached hydrogens (tertiary/aromatic N) is 1. The number of hydrogen-bond acceptors (Lipinski definition) is 4. The lowest BCUT2D eigenvalue weighted by Gasteiger charge is -2.22. The van der Waals surface area contributed by atoms with Gasteiger partial charge in [0.05, 0.1) is 13.2 Å². The molecule has 0 aromatic rings. The third-order valence-corrected chi connectivity index (χ3v) is 10.0. The summed E-state index contributed by atoms with van der Waals surface area (Å²) in [5.41, 5.74) is 0. The molecule has 6 heteroatoms. The quantitative estimate of drug-likeness (QED) is 0.0535. The summed E-state index contributed by atoms with van der Waals surface area (Å²) in [6.45, 7) is 11.2. The van der Waals surface area contributed by atoms with E-state index in [0.29, 0.717) is 13.2 Å². The Morgan fingerprint density at radius 2 is 0.614 bits per heavy atom. The first-order valence-electron chi connectivity index (χ1n) is 19.9. The molecule has 0 spiro atoms. The van der Waals surface area contributed by atoms with Crippen molar-refractivity contribution in [1.29, 1.82) is 0 Å². The lowest BCUT2D eigenvalue weighted by atomic mass is 10.1. The van der Waals surface area contributed by atoms with Crippen LogP contribution in [0.25, 0.3) is 0 Å². The minimum atomic E-state index is -3.88. The highest BCUT2D eigenvalue weighted by Gasteiger charge is 2.19. The Labute approximate surface area is 277 Å². The van der Waals surface area contributed by atoms with Crippen molar-refractivity contribution in [3.05, 3.63) is 0 Å². The summed E-state index contributed by atoms with van der Waals surface area (Å²) < 4.78 is 22.4. The minimum Gasteiger partial charge on any atom is -0.303 e. The van der Waals surface area contributed by atoms with Gasteiger partial charge in [0, 0.05) is 0 Å². The highest BCUT2D eigenvalue weighted by Crippen LogP contribution is 2.43. The molecule has 1 N–H and O–H groups in total. The molecule has 0 amide bonds. The van der Waals surface area contributed by atoms with Crippen molar-refractivity contribution in [2.45, 2.75) is 213 Å². The first kappa shape index (κ1) is 44.1. The molecule has 266 valence electrons. The van der Waals surface area contributed by atoms with Crippen molar-refractivity contribution in [3.8, 4) is 0 Å². The van der Waals surface area contributed by atoms with Gasteiger partial charge in [-0.2, -0.15) is 0 Å². The number of hydrogen-bond donors (Lipinski definition) is 1. The van der Waals surface area contributed by atoms with Crippen LogP contribution in [0.5, 0.6) is 0 Å². The standard InChI is InChI=1S/C38H80NO4P/c1-4-7-10-13-16-18-20-24-29-34-39(35-30-25-21-19-17-14-11-8-5-2)36-31-26-22-23-28-33-38-43-44(40,41)42-37-32-27-15-12-9-6-3/h4-38H2,1-3H3,(H,40,41). The molecule has 0 heterocycles. The highest BCUT2D eigenvalue weighted by atomic mass is 31.2. The van der Waals surface area contributed by atoms with Crippen LogP contribution in [-0.2, 0) is 13.6 Å². The topological polar surface area (TPSA) is 59.0 Å². The summed E-state index contributed by atoms with van der Waals surface area (Å²) in [4.78, 5) is 12.6. The fraction of sp³-hybridized carbons (Fsp3) is 1.00. The van der Waals surface area contributed by atoms with Gasteiger partial charge in [-0.3, -0.25) is 9.05 Å². The summed E-state index contributed by atoms with van der Waals surface area (Å²) >= 11 is 0. The van der Waals surface area contributed by atoms with Crippen molar-refractivity contribution >= 4 is 7.82 Å². The predicted molar refractivity (Wildman–Crippen MR) is 194 cm³/mol. The molecule has 0 aliphatic rings. The van der Waals surface area contributed by atoms with E-state index in [4.69, 9.17) is 9.05 Å². The van der Waals surface area contributed by atoms with Gasteiger partial charge in [0.15, 0.2) is 0 Å². The van der Waals surface area contributed by atoms with Gasteiger partial charge in [-0.1, -0.05) is 181 Å². The molecular formula is C38H80NO4P. The molecule has 0 aromatic carbocycles. The van der Waals surface area contributed by atoms with E-state index in [1.807, 2.05) is 0 Å². The number of phosphoric ester groups is 1. The van der Waals surface area contributed by atoms with Crippen LogP contribution in [0.2, 0.25) is 0 Å². The van der Waals surface area contributed by atoms with Crippen LogP contribution < -0.4 is 0 Å². The molecule has 0 radical (unpaired) electrons. The molecule has 0 aromatic heterocycles. The van der Waals surface area contributed by atoms with Gasteiger partial charge in [0.25, 0.3) is 0 Å². The Hall–Kier alpha value is 0.0700. The summed E-state index contributed by atoms with van der Waals surface area (Å²) in [5.74, 6) is 0. The Morgan fingerprint density at radius 1 is 0.386 bits per heavy atom.